The lowest BCUT2D eigenvalue weighted by Crippen LogP contribution is -2.08. The van der Waals surface area contributed by atoms with Crippen LogP contribution in [-0.4, -0.2) is 26.3 Å². The maximum Gasteiger partial charge on any atom is 0.223 e. The Hall–Kier alpha value is -1.91. The zero-order chi connectivity index (χ0) is 13.1. The molecule has 2 rings (SSSR count). The van der Waals surface area contributed by atoms with Crippen molar-refractivity contribution in [3.63, 3.8) is 0 Å². The smallest absolute Gasteiger partial charge is 0.223 e. The number of aromatic nitrogens is 4. The van der Waals surface area contributed by atoms with Crippen LogP contribution in [0.1, 0.15) is 32.5 Å². The number of nitrogens with zero attached hydrogens (tertiary/aromatic N) is 4. The molecular weight excluding hydrogens is 226 g/mol. The van der Waals surface area contributed by atoms with E-state index in [9.17, 15) is 0 Å². The molecule has 2 aromatic rings. The van der Waals surface area contributed by atoms with Crippen molar-refractivity contribution in [2.24, 2.45) is 0 Å². The molecule has 0 saturated heterocycles. The van der Waals surface area contributed by atoms with Crippen molar-refractivity contribution in [3.05, 3.63) is 24.0 Å². The molecule has 0 spiro atoms. The van der Waals surface area contributed by atoms with Gasteiger partial charge in [-0.15, -0.1) is 0 Å². The topological polar surface area (TPSA) is 55.6 Å². The predicted octanol–water partition coefficient (Wildman–Crippen LogP) is 2.66. The number of rotatable bonds is 4. The summed E-state index contributed by atoms with van der Waals surface area (Å²) in [5.41, 5.74) is 2.88. The molecule has 0 saturated carbocycles. The summed E-state index contributed by atoms with van der Waals surface area (Å²) in [7, 11) is 0. The number of hydrogen-bond donors (Lipinski definition) is 1. The maximum absolute atomic E-state index is 4.53. The number of hydrogen-bond acceptors (Lipinski definition) is 4. The van der Waals surface area contributed by atoms with Gasteiger partial charge in [0.2, 0.25) is 5.95 Å². The van der Waals surface area contributed by atoms with Gasteiger partial charge in [0.15, 0.2) is 0 Å². The normalized spacial score (nSPS) is 10.9. The van der Waals surface area contributed by atoms with Gasteiger partial charge in [-0.25, -0.2) is 9.97 Å². The van der Waals surface area contributed by atoms with Gasteiger partial charge in [0.1, 0.15) is 0 Å². The summed E-state index contributed by atoms with van der Waals surface area (Å²) in [6.07, 6.45) is 1.81. The summed E-state index contributed by atoms with van der Waals surface area (Å²) in [5, 5.41) is 7.48. The highest BCUT2D eigenvalue weighted by molar-refractivity contribution is 5.56. The van der Waals surface area contributed by atoms with Crippen LogP contribution >= 0.6 is 0 Å². The largest absolute Gasteiger partial charge is 0.354 e. The van der Waals surface area contributed by atoms with E-state index in [0.29, 0.717) is 12.0 Å². The van der Waals surface area contributed by atoms with Crippen LogP contribution in [-0.2, 0) is 0 Å². The Morgan fingerprint density at radius 3 is 2.78 bits per heavy atom. The monoisotopic (exact) mass is 245 g/mol. The van der Waals surface area contributed by atoms with Gasteiger partial charge in [-0.2, -0.15) is 5.10 Å². The lowest BCUT2D eigenvalue weighted by atomic mass is 10.2. The Balaban J connectivity index is 2.46. The van der Waals surface area contributed by atoms with Crippen LogP contribution in [0.3, 0.4) is 0 Å². The molecule has 0 aliphatic carbocycles. The highest BCUT2D eigenvalue weighted by Gasteiger charge is 2.11. The molecule has 2 aromatic heterocycles. The molecule has 0 radical (unpaired) electrons. The number of aryl methyl sites for hydroxylation is 1. The van der Waals surface area contributed by atoms with Gasteiger partial charge in [-0.1, -0.05) is 0 Å². The second-order valence-corrected chi connectivity index (χ2v) is 4.50. The fourth-order valence-corrected chi connectivity index (χ4v) is 1.87. The van der Waals surface area contributed by atoms with Gasteiger partial charge >= 0.3 is 0 Å². The van der Waals surface area contributed by atoms with Crippen molar-refractivity contribution in [2.75, 3.05) is 11.9 Å². The van der Waals surface area contributed by atoms with Gasteiger partial charge in [-0.3, -0.25) is 4.68 Å². The third kappa shape index (κ3) is 2.50. The average Bonchev–Trinajstić information content (AvgIpc) is 2.77. The first-order valence-electron chi connectivity index (χ1n) is 6.25. The minimum Gasteiger partial charge on any atom is -0.354 e. The summed E-state index contributed by atoms with van der Waals surface area (Å²) < 4.78 is 1.97. The minimum atomic E-state index is 0.313. The third-order valence-corrected chi connectivity index (χ3v) is 2.61. The highest BCUT2D eigenvalue weighted by atomic mass is 15.3. The first kappa shape index (κ1) is 12.5. The van der Waals surface area contributed by atoms with E-state index < -0.39 is 0 Å². The van der Waals surface area contributed by atoms with Crippen molar-refractivity contribution >= 4 is 5.95 Å². The highest BCUT2D eigenvalue weighted by Crippen LogP contribution is 2.21. The number of anilines is 1. The molecular formula is C13H19N5. The van der Waals surface area contributed by atoms with Gasteiger partial charge in [0, 0.05) is 24.5 Å². The van der Waals surface area contributed by atoms with Crippen molar-refractivity contribution in [1.29, 1.82) is 0 Å². The van der Waals surface area contributed by atoms with Gasteiger partial charge in [-0.05, 0) is 39.8 Å². The second kappa shape index (κ2) is 5.16. The van der Waals surface area contributed by atoms with Crippen LogP contribution in [0.15, 0.2) is 18.3 Å². The van der Waals surface area contributed by atoms with Crippen LogP contribution in [0.2, 0.25) is 0 Å². The average molecular weight is 245 g/mol. The molecule has 96 valence electrons. The van der Waals surface area contributed by atoms with E-state index in [1.54, 1.807) is 6.20 Å². The molecule has 0 aliphatic heterocycles. The van der Waals surface area contributed by atoms with Gasteiger partial charge in [0.25, 0.3) is 0 Å². The zero-order valence-electron chi connectivity index (χ0n) is 11.3. The van der Waals surface area contributed by atoms with E-state index in [4.69, 9.17) is 0 Å². The second-order valence-electron chi connectivity index (χ2n) is 4.50. The summed E-state index contributed by atoms with van der Waals surface area (Å²) >= 11 is 0. The lowest BCUT2D eigenvalue weighted by molar-refractivity contribution is 0.537. The van der Waals surface area contributed by atoms with Crippen molar-refractivity contribution in [3.8, 4) is 11.4 Å². The van der Waals surface area contributed by atoms with E-state index in [1.165, 1.54) is 0 Å². The minimum absolute atomic E-state index is 0.313. The van der Waals surface area contributed by atoms with E-state index in [1.807, 2.05) is 30.7 Å². The van der Waals surface area contributed by atoms with Gasteiger partial charge < -0.3 is 5.32 Å². The standard InChI is InChI=1S/C13H19N5/c1-5-14-13-16-10(4)8-11(17-13)12-6-7-15-18(12)9(2)3/h6-9H,5H2,1-4H3,(H,14,16,17). The first-order chi connectivity index (χ1) is 8.61. The van der Waals surface area contributed by atoms with Crippen LogP contribution in [0.4, 0.5) is 5.95 Å². The Morgan fingerprint density at radius 2 is 2.11 bits per heavy atom. The van der Waals surface area contributed by atoms with Crippen LogP contribution < -0.4 is 5.32 Å². The molecule has 0 fully saturated rings. The van der Waals surface area contributed by atoms with Gasteiger partial charge in [0.05, 0.1) is 11.4 Å². The summed E-state index contributed by atoms with van der Waals surface area (Å²) in [4.78, 5) is 8.88. The zero-order valence-corrected chi connectivity index (χ0v) is 11.3. The van der Waals surface area contributed by atoms with Crippen LogP contribution in [0, 0.1) is 6.92 Å². The van der Waals surface area contributed by atoms with Crippen molar-refractivity contribution < 1.29 is 0 Å². The van der Waals surface area contributed by atoms with Crippen molar-refractivity contribution in [2.45, 2.75) is 33.7 Å². The molecule has 0 atom stereocenters. The van der Waals surface area contributed by atoms with E-state index >= 15 is 0 Å². The molecule has 0 unspecified atom stereocenters. The Kier molecular flexibility index (Phi) is 3.60. The predicted molar refractivity (Wildman–Crippen MR) is 72.5 cm³/mol. The summed E-state index contributed by atoms with van der Waals surface area (Å²) in [5.74, 6) is 0.670. The number of nitrogens with one attached hydrogen (secondary N) is 1. The third-order valence-electron chi connectivity index (χ3n) is 2.61. The Labute approximate surface area is 107 Å². The molecule has 2 heterocycles. The molecule has 1 N–H and O–H groups in total. The Morgan fingerprint density at radius 1 is 1.33 bits per heavy atom. The fraction of sp³-hybridized carbons (Fsp3) is 0.462. The van der Waals surface area contributed by atoms with Crippen LogP contribution in [0.5, 0.6) is 0 Å². The molecule has 5 nitrogen and oxygen atoms in total. The quantitative estimate of drug-likeness (QED) is 0.899. The Bertz CT molecular complexity index is 530. The molecule has 18 heavy (non-hydrogen) atoms. The molecule has 0 aliphatic rings. The van der Waals surface area contributed by atoms with E-state index in [0.717, 1.165) is 23.6 Å². The summed E-state index contributed by atoms with van der Waals surface area (Å²) in [6, 6.07) is 4.28. The molecule has 0 amide bonds. The SMILES string of the molecule is CCNc1nc(C)cc(-c2ccnn2C(C)C)n1. The summed E-state index contributed by atoms with van der Waals surface area (Å²) in [6.45, 7) is 9.03. The lowest BCUT2D eigenvalue weighted by Gasteiger charge is -2.11. The molecule has 5 heteroatoms. The van der Waals surface area contributed by atoms with E-state index in [2.05, 4.69) is 34.2 Å². The maximum atomic E-state index is 4.53. The fourth-order valence-electron chi connectivity index (χ4n) is 1.87. The van der Waals surface area contributed by atoms with E-state index in [-0.39, 0.29) is 0 Å². The molecule has 0 aromatic carbocycles. The van der Waals surface area contributed by atoms with Crippen molar-refractivity contribution in [1.82, 2.24) is 19.7 Å². The molecule has 0 bridgehead atoms. The van der Waals surface area contributed by atoms with Crippen LogP contribution in [0.25, 0.3) is 11.4 Å². The first-order valence-corrected chi connectivity index (χ1v) is 6.25.